The van der Waals surface area contributed by atoms with Crippen LogP contribution < -0.4 is 16.4 Å². The molecule has 6 nitrogen and oxygen atoms in total. The molecule has 3 aromatic carbocycles. The zero-order valence-corrected chi connectivity index (χ0v) is 25.6. The molecule has 2 aliphatic heterocycles. The molecular formula is C36H52N4O2. The van der Waals surface area contributed by atoms with Gasteiger partial charge in [0, 0.05) is 31.9 Å². The molecule has 228 valence electrons. The Labute approximate surface area is 254 Å². The van der Waals surface area contributed by atoms with Gasteiger partial charge in [-0.1, -0.05) is 123 Å². The number of rotatable bonds is 3. The fraction of sp³-hybridized carbons (Fsp3) is 0.444. The largest absolute Gasteiger partial charge is 0.385 e. The number of urea groups is 1. The highest BCUT2D eigenvalue weighted by atomic mass is 16.2. The molecule has 42 heavy (non-hydrogen) atoms. The summed E-state index contributed by atoms with van der Waals surface area (Å²) in [5.74, 6) is 0.585. The molecule has 3 aromatic rings. The molecule has 2 heterocycles. The van der Waals surface area contributed by atoms with E-state index in [1.54, 1.807) is 4.90 Å². The molecule has 1 saturated heterocycles. The van der Waals surface area contributed by atoms with Gasteiger partial charge in [0.05, 0.1) is 0 Å². The number of piperidine rings is 1. The lowest BCUT2D eigenvalue weighted by Crippen LogP contribution is -2.41. The van der Waals surface area contributed by atoms with Crippen molar-refractivity contribution in [3.63, 3.8) is 0 Å². The SMILES string of the molecule is C1CCCCC1.CCNC=O.NC(=O)N1CCC(c2ccccc2)CC1.c1ccc2c(c1)CCCN2.c1ccccc1. The number of aryl methyl sites for hydroxylation is 1. The van der Waals surface area contributed by atoms with Crippen LogP contribution in [0.2, 0.25) is 0 Å². The minimum atomic E-state index is -0.290. The van der Waals surface area contributed by atoms with Crippen molar-refractivity contribution in [3.05, 3.63) is 102 Å². The van der Waals surface area contributed by atoms with Gasteiger partial charge in [0.15, 0.2) is 0 Å². The monoisotopic (exact) mass is 572 g/mol. The van der Waals surface area contributed by atoms with E-state index in [0.717, 1.165) is 39.0 Å². The number of nitrogens with two attached hydrogens (primary N) is 1. The van der Waals surface area contributed by atoms with Gasteiger partial charge in [-0.25, -0.2) is 4.79 Å². The number of carbonyl (C=O) groups excluding carboxylic acids is 2. The Hall–Kier alpha value is -3.80. The van der Waals surface area contributed by atoms with Gasteiger partial charge in [0.25, 0.3) is 0 Å². The first-order chi connectivity index (χ1) is 20.7. The number of nitrogens with one attached hydrogen (secondary N) is 2. The van der Waals surface area contributed by atoms with E-state index in [4.69, 9.17) is 5.73 Å². The third-order valence-corrected chi connectivity index (χ3v) is 7.49. The van der Waals surface area contributed by atoms with Gasteiger partial charge in [-0.2, -0.15) is 0 Å². The van der Waals surface area contributed by atoms with E-state index in [-0.39, 0.29) is 6.03 Å². The van der Waals surface area contributed by atoms with E-state index in [0.29, 0.717) is 12.3 Å². The molecule has 3 aliphatic rings. The maximum atomic E-state index is 10.9. The van der Waals surface area contributed by atoms with Crippen LogP contribution in [0.5, 0.6) is 0 Å². The lowest BCUT2D eigenvalue weighted by atomic mass is 9.90. The molecule has 0 aromatic heterocycles. The van der Waals surface area contributed by atoms with Gasteiger partial charge in [-0.05, 0) is 55.7 Å². The maximum absolute atomic E-state index is 10.9. The molecule has 6 rings (SSSR count). The average Bonchev–Trinajstić information content (AvgIpc) is 3.08. The molecular weight excluding hydrogens is 520 g/mol. The fourth-order valence-electron chi connectivity index (χ4n) is 5.10. The second-order valence-corrected chi connectivity index (χ2v) is 10.6. The number of primary amides is 1. The number of hydrogen-bond acceptors (Lipinski definition) is 3. The van der Waals surface area contributed by atoms with Gasteiger partial charge >= 0.3 is 6.03 Å². The molecule has 0 atom stereocenters. The highest BCUT2D eigenvalue weighted by Crippen LogP contribution is 2.27. The summed E-state index contributed by atoms with van der Waals surface area (Å²) >= 11 is 0. The normalized spacial score (nSPS) is 15.4. The molecule has 6 heteroatoms. The number of fused-ring (bicyclic) bond motifs is 1. The molecule has 4 N–H and O–H groups in total. The van der Waals surface area contributed by atoms with Crippen LogP contribution in [0, 0.1) is 0 Å². The van der Waals surface area contributed by atoms with Crippen LogP contribution in [0.15, 0.2) is 91.0 Å². The standard InChI is InChI=1S/C12H16N2O.C9H11N.C6H12.C6H6.C3H7NO/c13-12(15)14-8-6-11(7-9-14)10-4-2-1-3-5-10;1-2-6-9-8(4-1)5-3-7-10-9;2*1-2-4-6-5-3-1;1-2-4-3-5/h1-5,11H,6-9H2,(H2,13,15);1-2,4,6,10H,3,5,7H2;1-6H2;1-6H;3H,2H2,1H3,(H,4,5). The third kappa shape index (κ3) is 15.3. The highest BCUT2D eigenvalue weighted by Gasteiger charge is 2.21. The summed E-state index contributed by atoms with van der Waals surface area (Å²) in [6, 6.07) is 30.7. The number of likely N-dealkylation sites (tertiary alicyclic amines) is 1. The number of para-hydroxylation sites is 1. The van der Waals surface area contributed by atoms with Crippen LogP contribution in [0.3, 0.4) is 0 Å². The van der Waals surface area contributed by atoms with Crippen molar-refractivity contribution in [1.82, 2.24) is 10.2 Å². The zero-order valence-electron chi connectivity index (χ0n) is 25.6. The van der Waals surface area contributed by atoms with Gasteiger partial charge in [0.1, 0.15) is 0 Å². The van der Waals surface area contributed by atoms with E-state index < -0.39 is 0 Å². The van der Waals surface area contributed by atoms with Crippen LogP contribution in [0.1, 0.15) is 81.8 Å². The molecule has 1 aliphatic carbocycles. The molecule has 3 amide bonds. The van der Waals surface area contributed by atoms with E-state index >= 15 is 0 Å². The summed E-state index contributed by atoms with van der Waals surface area (Å²) in [4.78, 5) is 22.0. The predicted octanol–water partition coefficient (Wildman–Crippen LogP) is 7.77. The summed E-state index contributed by atoms with van der Waals surface area (Å²) in [5, 5.41) is 5.79. The quantitative estimate of drug-likeness (QED) is 0.280. The van der Waals surface area contributed by atoms with Crippen molar-refractivity contribution in [3.8, 4) is 0 Å². The first-order valence-electron chi connectivity index (χ1n) is 15.7. The summed E-state index contributed by atoms with van der Waals surface area (Å²) in [5.41, 5.74) is 9.41. The number of carbonyl (C=O) groups is 2. The Balaban J connectivity index is 0.000000197. The number of amides is 3. The first kappa shape index (κ1) is 34.4. The average molecular weight is 573 g/mol. The molecule has 0 spiro atoms. The highest BCUT2D eigenvalue weighted by molar-refractivity contribution is 5.72. The van der Waals surface area contributed by atoms with Crippen molar-refractivity contribution >= 4 is 18.1 Å². The smallest absolute Gasteiger partial charge is 0.314 e. The van der Waals surface area contributed by atoms with Crippen molar-refractivity contribution < 1.29 is 9.59 Å². The summed E-state index contributed by atoms with van der Waals surface area (Å²) < 4.78 is 0. The Morgan fingerprint density at radius 1 is 0.810 bits per heavy atom. The number of anilines is 1. The number of hydrogen-bond donors (Lipinski definition) is 3. The Bertz CT molecular complexity index is 1000. The van der Waals surface area contributed by atoms with E-state index in [2.05, 4.69) is 59.2 Å². The molecule has 1 saturated carbocycles. The summed E-state index contributed by atoms with van der Waals surface area (Å²) in [7, 11) is 0. The summed E-state index contributed by atoms with van der Waals surface area (Å²) in [6.45, 7) is 5.30. The van der Waals surface area contributed by atoms with Crippen molar-refractivity contribution in [2.75, 3.05) is 31.5 Å². The van der Waals surface area contributed by atoms with E-state index in [1.165, 1.54) is 68.2 Å². The predicted molar refractivity (Wildman–Crippen MR) is 177 cm³/mol. The lowest BCUT2D eigenvalue weighted by molar-refractivity contribution is -0.109. The molecule has 2 fully saturated rings. The molecule has 0 unspecified atom stereocenters. The zero-order chi connectivity index (χ0) is 30.1. The van der Waals surface area contributed by atoms with Gasteiger partial charge < -0.3 is 21.3 Å². The van der Waals surface area contributed by atoms with Crippen LogP contribution in [-0.4, -0.2) is 43.5 Å². The number of benzene rings is 3. The Kier molecular flexibility index (Phi) is 18.7. The molecule has 0 bridgehead atoms. The minimum Gasteiger partial charge on any atom is -0.385 e. The van der Waals surface area contributed by atoms with Crippen molar-refractivity contribution in [1.29, 1.82) is 0 Å². The van der Waals surface area contributed by atoms with Gasteiger partial charge in [-0.15, -0.1) is 0 Å². The lowest BCUT2D eigenvalue weighted by Gasteiger charge is -2.30. The second-order valence-electron chi connectivity index (χ2n) is 10.6. The van der Waals surface area contributed by atoms with Crippen molar-refractivity contribution in [2.45, 2.75) is 77.0 Å². The topological polar surface area (TPSA) is 87.5 Å². The Morgan fingerprint density at radius 2 is 1.31 bits per heavy atom. The second kappa shape index (κ2) is 22.8. The van der Waals surface area contributed by atoms with Crippen LogP contribution >= 0.6 is 0 Å². The van der Waals surface area contributed by atoms with E-state index in [9.17, 15) is 9.59 Å². The third-order valence-electron chi connectivity index (χ3n) is 7.49. The summed E-state index contributed by atoms with van der Waals surface area (Å²) in [6.07, 6.45) is 14.2. The first-order valence-corrected chi connectivity index (χ1v) is 15.7. The van der Waals surface area contributed by atoms with Crippen LogP contribution in [0.4, 0.5) is 10.5 Å². The number of nitrogens with zero attached hydrogens (tertiary/aromatic N) is 1. The van der Waals surface area contributed by atoms with Gasteiger partial charge in [0.2, 0.25) is 6.41 Å². The Morgan fingerprint density at radius 3 is 1.76 bits per heavy atom. The van der Waals surface area contributed by atoms with Crippen LogP contribution in [0.25, 0.3) is 0 Å². The van der Waals surface area contributed by atoms with Crippen molar-refractivity contribution in [2.24, 2.45) is 5.73 Å². The fourth-order valence-corrected chi connectivity index (χ4v) is 5.10. The molecule has 0 radical (unpaired) electrons. The minimum absolute atomic E-state index is 0.290. The van der Waals surface area contributed by atoms with Crippen LogP contribution in [-0.2, 0) is 11.2 Å². The maximum Gasteiger partial charge on any atom is 0.314 e. The van der Waals surface area contributed by atoms with E-state index in [1.807, 2.05) is 49.4 Å². The van der Waals surface area contributed by atoms with Gasteiger partial charge in [-0.3, -0.25) is 4.79 Å².